The second-order valence-electron chi connectivity index (χ2n) is 4.50. The Kier molecular flexibility index (Phi) is 3.22. The fourth-order valence-corrected chi connectivity index (χ4v) is 2.29. The van der Waals surface area contributed by atoms with Crippen LogP contribution in [0, 0.1) is 18.8 Å². The molecule has 0 heterocycles. The van der Waals surface area contributed by atoms with Crippen molar-refractivity contribution in [2.75, 3.05) is 0 Å². The van der Waals surface area contributed by atoms with Crippen LogP contribution in [0.5, 0.6) is 0 Å². The molecule has 1 fully saturated rings. The highest BCUT2D eigenvalue weighted by Gasteiger charge is 2.33. The van der Waals surface area contributed by atoms with E-state index in [0.29, 0.717) is 5.92 Å². The van der Waals surface area contributed by atoms with Crippen LogP contribution in [0.2, 0.25) is 0 Å². The summed E-state index contributed by atoms with van der Waals surface area (Å²) in [5.41, 5.74) is 1.32. The zero-order valence-electron chi connectivity index (χ0n) is 9.13. The molecule has 3 unspecified atom stereocenters. The second kappa shape index (κ2) is 4.63. The van der Waals surface area contributed by atoms with E-state index in [0.717, 1.165) is 12.3 Å². The van der Waals surface area contributed by atoms with Crippen LogP contribution in [0.1, 0.15) is 18.4 Å². The molecule has 0 aliphatic heterocycles. The van der Waals surface area contributed by atoms with E-state index in [1.165, 1.54) is 12.0 Å². The summed E-state index contributed by atoms with van der Waals surface area (Å²) in [6.45, 7) is 2.08. The molecule has 0 radical (unpaired) electrons. The second-order valence-corrected chi connectivity index (χ2v) is 4.50. The van der Waals surface area contributed by atoms with Gasteiger partial charge in [-0.25, -0.2) is 0 Å². The minimum Gasteiger partial charge on any atom is -0.392 e. The Balaban J connectivity index is 0.000000115. The largest absolute Gasteiger partial charge is 0.392 e. The summed E-state index contributed by atoms with van der Waals surface area (Å²) < 4.78 is 0. The van der Waals surface area contributed by atoms with Crippen molar-refractivity contribution < 1.29 is 5.11 Å². The van der Waals surface area contributed by atoms with Crippen LogP contribution in [0.25, 0.3) is 0 Å². The minimum atomic E-state index is -0.00926. The van der Waals surface area contributed by atoms with Gasteiger partial charge >= 0.3 is 0 Å². The molecule has 0 aromatic heterocycles. The van der Waals surface area contributed by atoms with Crippen molar-refractivity contribution in [3.8, 4) is 0 Å². The first kappa shape index (κ1) is 10.4. The highest BCUT2D eigenvalue weighted by Crippen LogP contribution is 2.38. The molecule has 0 amide bonds. The van der Waals surface area contributed by atoms with Crippen molar-refractivity contribution in [3.05, 3.63) is 48.0 Å². The van der Waals surface area contributed by atoms with E-state index >= 15 is 0 Å². The molecule has 3 atom stereocenters. The molecule has 1 saturated carbocycles. The quantitative estimate of drug-likeness (QED) is 0.641. The smallest absolute Gasteiger partial charge is 0.0608 e. The maximum Gasteiger partial charge on any atom is 0.0608 e. The van der Waals surface area contributed by atoms with Gasteiger partial charge in [-0.1, -0.05) is 48.0 Å². The van der Waals surface area contributed by atoms with Gasteiger partial charge < -0.3 is 5.11 Å². The molecule has 2 bridgehead atoms. The van der Waals surface area contributed by atoms with Gasteiger partial charge in [0, 0.05) is 5.92 Å². The van der Waals surface area contributed by atoms with Gasteiger partial charge in [0.15, 0.2) is 0 Å². The van der Waals surface area contributed by atoms with Crippen molar-refractivity contribution in [2.24, 2.45) is 11.8 Å². The number of allylic oxidation sites excluding steroid dienone is 1. The molecule has 1 aromatic carbocycles. The average Bonchev–Trinajstić information content (AvgIpc) is 2.81. The molecule has 1 aromatic rings. The Morgan fingerprint density at radius 2 is 1.80 bits per heavy atom. The highest BCUT2D eigenvalue weighted by atomic mass is 16.3. The third kappa shape index (κ3) is 2.69. The zero-order valence-corrected chi connectivity index (χ0v) is 9.13. The molecular weight excluding hydrogens is 184 g/mol. The van der Waals surface area contributed by atoms with E-state index in [1.54, 1.807) is 0 Å². The summed E-state index contributed by atoms with van der Waals surface area (Å²) in [5.74, 6) is 1.23. The number of hydrogen-bond acceptors (Lipinski definition) is 1. The lowest BCUT2D eigenvalue weighted by atomic mass is 10.1. The van der Waals surface area contributed by atoms with Crippen LogP contribution in [0.15, 0.2) is 42.5 Å². The van der Waals surface area contributed by atoms with Crippen LogP contribution in [-0.2, 0) is 0 Å². The number of rotatable bonds is 0. The lowest BCUT2D eigenvalue weighted by Crippen LogP contribution is -2.11. The Bertz CT molecular complexity index is 328. The maximum absolute atomic E-state index is 9.17. The van der Waals surface area contributed by atoms with Crippen molar-refractivity contribution in [1.82, 2.24) is 0 Å². The number of benzene rings is 1. The van der Waals surface area contributed by atoms with Crippen LogP contribution in [0.3, 0.4) is 0 Å². The normalized spacial score (nSPS) is 31.2. The zero-order chi connectivity index (χ0) is 10.7. The fraction of sp³-hybridized carbons (Fsp3) is 0.429. The highest BCUT2D eigenvalue weighted by molar-refractivity contribution is 5.11. The summed E-state index contributed by atoms with van der Waals surface area (Å²) in [4.78, 5) is 0. The standard InChI is InChI=1S/C7H10O.C7H8/c8-7-4-5-1-2-6(7)3-5;1-7-5-3-2-4-6-7/h1-2,5-8H,3-4H2;2-6H,1H3. The molecule has 2 aliphatic rings. The number of aryl methyl sites for hydroxylation is 1. The fourth-order valence-electron chi connectivity index (χ4n) is 2.29. The Hall–Kier alpha value is -1.08. The van der Waals surface area contributed by atoms with Crippen molar-refractivity contribution in [2.45, 2.75) is 25.9 Å². The topological polar surface area (TPSA) is 20.2 Å². The Labute approximate surface area is 91.4 Å². The summed E-state index contributed by atoms with van der Waals surface area (Å²) in [7, 11) is 0. The summed E-state index contributed by atoms with van der Waals surface area (Å²) >= 11 is 0. The third-order valence-corrected chi connectivity index (χ3v) is 3.18. The van der Waals surface area contributed by atoms with Gasteiger partial charge in [-0.15, -0.1) is 0 Å². The Morgan fingerprint density at radius 1 is 1.07 bits per heavy atom. The molecule has 1 nitrogen and oxygen atoms in total. The molecule has 1 N–H and O–H groups in total. The van der Waals surface area contributed by atoms with Gasteiger partial charge in [0.2, 0.25) is 0 Å². The van der Waals surface area contributed by atoms with Gasteiger partial charge in [-0.05, 0) is 25.7 Å². The van der Waals surface area contributed by atoms with Crippen LogP contribution in [0.4, 0.5) is 0 Å². The van der Waals surface area contributed by atoms with E-state index in [4.69, 9.17) is 5.11 Å². The number of hydrogen-bond donors (Lipinski definition) is 1. The van der Waals surface area contributed by atoms with Crippen LogP contribution >= 0.6 is 0 Å². The van der Waals surface area contributed by atoms with E-state index in [-0.39, 0.29) is 6.10 Å². The van der Waals surface area contributed by atoms with Crippen molar-refractivity contribution in [1.29, 1.82) is 0 Å². The predicted octanol–water partition coefficient (Wildman–Crippen LogP) is 2.94. The van der Waals surface area contributed by atoms with Gasteiger partial charge in [0.05, 0.1) is 6.10 Å². The SMILES string of the molecule is Cc1ccccc1.OC1CC2C=CC1C2. The Morgan fingerprint density at radius 3 is 2.07 bits per heavy atom. The molecule has 80 valence electrons. The first-order chi connectivity index (χ1) is 7.25. The van der Waals surface area contributed by atoms with Gasteiger partial charge in [-0.3, -0.25) is 0 Å². The minimum absolute atomic E-state index is 0.00926. The summed E-state index contributed by atoms with van der Waals surface area (Å²) in [5, 5.41) is 9.17. The lowest BCUT2D eigenvalue weighted by Gasteiger charge is -2.08. The van der Waals surface area contributed by atoms with Gasteiger partial charge in [0.1, 0.15) is 0 Å². The van der Waals surface area contributed by atoms with E-state index < -0.39 is 0 Å². The molecule has 15 heavy (non-hydrogen) atoms. The predicted molar refractivity (Wildman–Crippen MR) is 62.5 cm³/mol. The van der Waals surface area contributed by atoms with E-state index in [9.17, 15) is 0 Å². The lowest BCUT2D eigenvalue weighted by molar-refractivity contribution is 0.148. The number of aliphatic hydroxyl groups excluding tert-OH is 1. The first-order valence-corrected chi connectivity index (χ1v) is 5.64. The third-order valence-electron chi connectivity index (χ3n) is 3.18. The molecule has 0 saturated heterocycles. The van der Waals surface area contributed by atoms with Crippen molar-refractivity contribution >= 4 is 0 Å². The summed E-state index contributed by atoms with van der Waals surface area (Å²) in [6, 6.07) is 10.3. The summed E-state index contributed by atoms with van der Waals surface area (Å²) in [6.07, 6.45) is 6.60. The van der Waals surface area contributed by atoms with Crippen LogP contribution < -0.4 is 0 Å². The maximum atomic E-state index is 9.17. The van der Waals surface area contributed by atoms with Crippen molar-refractivity contribution in [3.63, 3.8) is 0 Å². The molecule has 2 aliphatic carbocycles. The monoisotopic (exact) mass is 202 g/mol. The molecule has 1 heteroatoms. The number of aliphatic hydroxyl groups is 1. The number of fused-ring (bicyclic) bond motifs is 2. The van der Waals surface area contributed by atoms with E-state index in [2.05, 4.69) is 31.2 Å². The molecular formula is C14H18O. The first-order valence-electron chi connectivity index (χ1n) is 5.64. The molecule has 0 spiro atoms. The van der Waals surface area contributed by atoms with E-state index in [1.807, 2.05) is 18.2 Å². The van der Waals surface area contributed by atoms with Crippen LogP contribution in [-0.4, -0.2) is 11.2 Å². The van der Waals surface area contributed by atoms with Gasteiger partial charge in [0.25, 0.3) is 0 Å². The average molecular weight is 202 g/mol. The van der Waals surface area contributed by atoms with Gasteiger partial charge in [-0.2, -0.15) is 0 Å². The molecule has 3 rings (SSSR count).